The van der Waals surface area contributed by atoms with E-state index in [-0.39, 0.29) is 18.1 Å². The third kappa shape index (κ3) is 4.77. The average Bonchev–Trinajstić information content (AvgIpc) is 3.00. The van der Waals surface area contributed by atoms with Crippen molar-refractivity contribution in [3.63, 3.8) is 0 Å². The predicted molar refractivity (Wildman–Crippen MR) is 116 cm³/mol. The first-order valence-corrected chi connectivity index (χ1v) is 9.81. The molecule has 3 rings (SSSR count). The van der Waals surface area contributed by atoms with Crippen LogP contribution in [0, 0.1) is 0 Å². The molecule has 30 heavy (non-hydrogen) atoms. The fourth-order valence-corrected chi connectivity index (χ4v) is 3.25. The minimum atomic E-state index is -0.970. The second-order valence-corrected chi connectivity index (χ2v) is 7.03. The number of hydrogen-bond donors (Lipinski definition) is 2. The van der Waals surface area contributed by atoms with Crippen LogP contribution in [0.5, 0.6) is 11.5 Å². The first-order chi connectivity index (χ1) is 14.4. The molecule has 2 N–H and O–H groups in total. The second kappa shape index (κ2) is 9.41. The van der Waals surface area contributed by atoms with E-state index in [9.17, 15) is 9.59 Å². The zero-order valence-electron chi connectivity index (χ0n) is 16.7. The molecule has 1 aliphatic rings. The Morgan fingerprint density at radius 2 is 1.93 bits per heavy atom. The number of benzene rings is 2. The molecule has 8 heteroatoms. The molecule has 0 bridgehead atoms. The van der Waals surface area contributed by atoms with Gasteiger partial charge in [-0.1, -0.05) is 25.1 Å². The Hall–Kier alpha value is -3.39. The van der Waals surface area contributed by atoms with Crippen LogP contribution in [0.1, 0.15) is 34.8 Å². The number of carboxylic acid groups (broad SMARTS) is 1. The lowest BCUT2D eigenvalue weighted by Crippen LogP contribution is -2.31. The molecule has 0 unspecified atom stereocenters. The molecule has 1 aliphatic heterocycles. The number of carbonyl (C=O) groups is 2. The van der Waals surface area contributed by atoms with Crippen molar-refractivity contribution in [2.45, 2.75) is 20.0 Å². The Morgan fingerprint density at radius 1 is 1.20 bits per heavy atom. The van der Waals surface area contributed by atoms with Crippen molar-refractivity contribution in [3.05, 3.63) is 64.9 Å². The first-order valence-electron chi connectivity index (χ1n) is 9.40. The zero-order chi connectivity index (χ0) is 21.7. The van der Waals surface area contributed by atoms with Gasteiger partial charge in [-0.2, -0.15) is 0 Å². The van der Waals surface area contributed by atoms with Crippen molar-refractivity contribution in [1.29, 1.82) is 0 Å². The monoisotopic (exact) mass is 426 g/mol. The van der Waals surface area contributed by atoms with Gasteiger partial charge in [0.2, 0.25) is 0 Å². The number of carbonyl (C=O) groups excluding carboxylic acids is 1. The number of hydrogen-bond acceptors (Lipinski definition) is 5. The number of methoxy groups -OCH3 is 1. The van der Waals surface area contributed by atoms with Gasteiger partial charge in [0.05, 0.1) is 12.7 Å². The minimum Gasteiger partial charge on any atom is -0.493 e. The Kier molecular flexibility index (Phi) is 6.68. The van der Waals surface area contributed by atoms with Crippen LogP contribution < -0.4 is 14.8 Å². The molecule has 0 saturated carbocycles. The molecule has 7 nitrogen and oxygen atoms in total. The highest BCUT2D eigenvalue weighted by Gasteiger charge is 2.29. The molecule has 0 aromatic heterocycles. The summed E-state index contributed by atoms with van der Waals surface area (Å²) in [4.78, 5) is 25.0. The summed E-state index contributed by atoms with van der Waals surface area (Å²) in [6, 6.07) is 11.8. The van der Waals surface area contributed by atoms with E-state index in [2.05, 4.69) is 5.32 Å². The number of nitrogens with one attached hydrogen (secondary N) is 1. The largest absolute Gasteiger partial charge is 0.493 e. The van der Waals surface area contributed by atoms with Crippen molar-refractivity contribution < 1.29 is 24.2 Å². The van der Waals surface area contributed by atoms with E-state index >= 15 is 0 Å². The lowest BCUT2D eigenvalue weighted by atomic mass is 10.1. The van der Waals surface area contributed by atoms with Crippen molar-refractivity contribution in [1.82, 2.24) is 10.2 Å². The van der Waals surface area contributed by atoms with Gasteiger partial charge in [-0.05, 0) is 60.1 Å². The van der Waals surface area contributed by atoms with Crippen LogP contribution >= 0.6 is 12.2 Å². The fraction of sp³-hybridized carbons (Fsp3) is 0.227. The molecule has 1 saturated heterocycles. The van der Waals surface area contributed by atoms with Crippen LogP contribution in [0.2, 0.25) is 0 Å². The predicted octanol–water partition coefficient (Wildman–Crippen LogP) is 3.44. The molecule has 1 fully saturated rings. The van der Waals surface area contributed by atoms with Crippen molar-refractivity contribution in [3.8, 4) is 11.5 Å². The molecule has 1 heterocycles. The van der Waals surface area contributed by atoms with Gasteiger partial charge >= 0.3 is 5.97 Å². The molecule has 0 radical (unpaired) electrons. The number of amides is 1. The third-order valence-electron chi connectivity index (χ3n) is 4.50. The van der Waals surface area contributed by atoms with E-state index < -0.39 is 5.97 Å². The number of ether oxygens (including phenoxy) is 2. The number of thiocarbonyl (C=S) groups is 1. The van der Waals surface area contributed by atoms with Crippen LogP contribution in [-0.4, -0.2) is 40.6 Å². The van der Waals surface area contributed by atoms with Gasteiger partial charge < -0.3 is 19.9 Å². The minimum absolute atomic E-state index is 0.147. The van der Waals surface area contributed by atoms with Gasteiger partial charge in [0.15, 0.2) is 16.6 Å². The van der Waals surface area contributed by atoms with E-state index in [0.717, 1.165) is 17.5 Å². The van der Waals surface area contributed by atoms with Crippen LogP contribution in [0.4, 0.5) is 0 Å². The summed E-state index contributed by atoms with van der Waals surface area (Å²) < 4.78 is 11.2. The summed E-state index contributed by atoms with van der Waals surface area (Å²) in [5.74, 6) is -0.0608. The summed E-state index contributed by atoms with van der Waals surface area (Å²) in [6.07, 6.45) is 2.54. The second-order valence-electron chi connectivity index (χ2n) is 6.65. The molecule has 0 spiro atoms. The maximum atomic E-state index is 12.5. The molecular weight excluding hydrogens is 404 g/mol. The zero-order valence-corrected chi connectivity index (χ0v) is 17.5. The van der Waals surface area contributed by atoms with Crippen LogP contribution in [0.15, 0.2) is 48.2 Å². The normalized spacial score (nSPS) is 14.7. The number of nitrogens with zero attached hydrogens (tertiary/aromatic N) is 1. The Balaban J connectivity index is 1.73. The first kappa shape index (κ1) is 21.3. The van der Waals surface area contributed by atoms with E-state index in [1.54, 1.807) is 35.2 Å². The van der Waals surface area contributed by atoms with E-state index in [1.165, 1.54) is 19.2 Å². The van der Waals surface area contributed by atoms with Gasteiger partial charge in [-0.25, -0.2) is 4.79 Å². The molecule has 2 aromatic carbocycles. The highest BCUT2D eigenvalue weighted by molar-refractivity contribution is 7.80. The van der Waals surface area contributed by atoms with Gasteiger partial charge in [-0.3, -0.25) is 9.69 Å². The average molecular weight is 426 g/mol. The maximum Gasteiger partial charge on any atom is 0.335 e. The van der Waals surface area contributed by atoms with Crippen LogP contribution in [-0.2, 0) is 11.4 Å². The summed E-state index contributed by atoms with van der Waals surface area (Å²) in [6.45, 7) is 2.82. The summed E-state index contributed by atoms with van der Waals surface area (Å²) in [5.41, 5.74) is 2.24. The molecule has 156 valence electrons. The van der Waals surface area contributed by atoms with Crippen molar-refractivity contribution in [2.24, 2.45) is 0 Å². The third-order valence-corrected chi connectivity index (χ3v) is 4.83. The van der Waals surface area contributed by atoms with Crippen LogP contribution in [0.3, 0.4) is 0 Å². The fourth-order valence-electron chi connectivity index (χ4n) is 2.96. The lowest BCUT2D eigenvalue weighted by Gasteiger charge is -2.12. The quantitative estimate of drug-likeness (QED) is 0.494. The Morgan fingerprint density at radius 3 is 2.57 bits per heavy atom. The topological polar surface area (TPSA) is 88.1 Å². The number of carboxylic acids is 1. The SMILES string of the molecule is CCCN1C(=O)/C(=C\c2ccc(OCc3ccc(C(=O)O)cc3)c(OC)c2)NC1=S. The Bertz CT molecular complexity index is 1000. The molecule has 1 amide bonds. The van der Waals surface area contributed by atoms with Crippen molar-refractivity contribution in [2.75, 3.05) is 13.7 Å². The summed E-state index contributed by atoms with van der Waals surface area (Å²) >= 11 is 5.22. The van der Waals surface area contributed by atoms with Gasteiger partial charge in [-0.15, -0.1) is 0 Å². The Labute approximate surface area is 179 Å². The molecule has 0 atom stereocenters. The van der Waals surface area contributed by atoms with Crippen LogP contribution in [0.25, 0.3) is 6.08 Å². The smallest absolute Gasteiger partial charge is 0.335 e. The molecule has 2 aromatic rings. The van der Waals surface area contributed by atoms with Gasteiger partial charge in [0.25, 0.3) is 5.91 Å². The highest BCUT2D eigenvalue weighted by Crippen LogP contribution is 2.30. The molecule has 0 aliphatic carbocycles. The molecular formula is C22H22N2O5S. The maximum absolute atomic E-state index is 12.5. The van der Waals surface area contributed by atoms with Crippen molar-refractivity contribution >= 4 is 35.3 Å². The summed E-state index contributed by atoms with van der Waals surface area (Å²) in [7, 11) is 1.54. The number of rotatable bonds is 8. The lowest BCUT2D eigenvalue weighted by molar-refractivity contribution is -0.122. The van der Waals surface area contributed by atoms with Gasteiger partial charge in [0, 0.05) is 6.54 Å². The van der Waals surface area contributed by atoms with E-state index in [4.69, 9.17) is 26.8 Å². The van der Waals surface area contributed by atoms with E-state index in [1.807, 2.05) is 13.0 Å². The standard InChI is InChI=1S/C22H22N2O5S/c1-3-10-24-20(25)17(23-22(24)30)11-15-6-9-18(19(12-15)28-2)29-13-14-4-7-16(8-5-14)21(26)27/h4-9,11-12H,3,10,13H2,1-2H3,(H,23,30)(H,26,27)/b17-11+. The number of aromatic carboxylic acids is 1. The highest BCUT2D eigenvalue weighted by atomic mass is 32.1. The van der Waals surface area contributed by atoms with E-state index in [0.29, 0.717) is 28.9 Å². The van der Waals surface area contributed by atoms with Gasteiger partial charge in [0.1, 0.15) is 12.3 Å². The summed E-state index contributed by atoms with van der Waals surface area (Å²) in [5, 5.41) is 12.3.